The van der Waals surface area contributed by atoms with Crippen molar-refractivity contribution in [2.45, 2.75) is 38.3 Å². The first kappa shape index (κ1) is 13.9. The Hall–Kier alpha value is -1.49. The first-order valence-corrected chi connectivity index (χ1v) is 6.38. The maximum absolute atomic E-state index is 12.9. The van der Waals surface area contributed by atoms with Gasteiger partial charge in [-0.2, -0.15) is 8.78 Å². The molecule has 0 spiro atoms. The standard InChI is InChI=1S/C14H17F2NO2/c1-2-10-3-5-11(6-4-10)8-17-9-12-7-14(15,16)13(18)19-12/h3-6,12,17H,2,7-9H2,1H3. The Morgan fingerprint density at radius 2 is 1.95 bits per heavy atom. The summed E-state index contributed by atoms with van der Waals surface area (Å²) in [7, 11) is 0. The highest BCUT2D eigenvalue weighted by atomic mass is 19.3. The first-order chi connectivity index (χ1) is 9.01. The molecule has 2 rings (SSSR count). The number of ether oxygens (including phenoxy) is 1. The predicted molar refractivity (Wildman–Crippen MR) is 67.0 cm³/mol. The van der Waals surface area contributed by atoms with Crippen molar-refractivity contribution in [3.05, 3.63) is 35.4 Å². The third kappa shape index (κ3) is 3.50. The molecule has 1 atom stereocenters. The van der Waals surface area contributed by atoms with Crippen molar-refractivity contribution in [1.29, 1.82) is 0 Å². The summed E-state index contributed by atoms with van der Waals surface area (Å²) in [5, 5.41) is 3.03. The number of nitrogens with one attached hydrogen (secondary N) is 1. The predicted octanol–water partition coefficient (Wildman–Crippen LogP) is 2.29. The van der Waals surface area contributed by atoms with Crippen molar-refractivity contribution < 1.29 is 18.3 Å². The van der Waals surface area contributed by atoms with E-state index in [2.05, 4.69) is 17.0 Å². The molecule has 0 saturated carbocycles. The Bertz CT molecular complexity index is 445. The minimum Gasteiger partial charge on any atom is -0.456 e. The molecule has 0 aliphatic carbocycles. The summed E-state index contributed by atoms with van der Waals surface area (Å²) in [5.41, 5.74) is 2.33. The van der Waals surface area contributed by atoms with E-state index in [1.807, 2.05) is 24.3 Å². The Morgan fingerprint density at radius 1 is 1.32 bits per heavy atom. The third-order valence-corrected chi connectivity index (χ3v) is 3.19. The van der Waals surface area contributed by atoms with Crippen LogP contribution < -0.4 is 5.32 Å². The van der Waals surface area contributed by atoms with E-state index in [-0.39, 0.29) is 6.54 Å². The second-order valence-corrected chi connectivity index (χ2v) is 4.74. The van der Waals surface area contributed by atoms with Crippen LogP contribution in [0.3, 0.4) is 0 Å². The average Bonchev–Trinajstić information content (AvgIpc) is 2.64. The number of aryl methyl sites for hydroxylation is 1. The molecule has 0 amide bonds. The summed E-state index contributed by atoms with van der Waals surface area (Å²) < 4.78 is 30.4. The maximum Gasteiger partial charge on any atom is 0.377 e. The molecule has 3 nitrogen and oxygen atoms in total. The van der Waals surface area contributed by atoms with Gasteiger partial charge in [-0.15, -0.1) is 0 Å². The molecule has 104 valence electrons. The van der Waals surface area contributed by atoms with E-state index < -0.39 is 24.4 Å². The molecule has 1 aliphatic heterocycles. The molecule has 1 aromatic carbocycles. The van der Waals surface area contributed by atoms with Gasteiger partial charge >= 0.3 is 11.9 Å². The van der Waals surface area contributed by atoms with Gasteiger partial charge in [0.1, 0.15) is 6.10 Å². The maximum atomic E-state index is 12.9. The highest BCUT2D eigenvalue weighted by Gasteiger charge is 2.50. The fourth-order valence-electron chi connectivity index (χ4n) is 2.03. The molecule has 1 fully saturated rings. The zero-order chi connectivity index (χ0) is 13.9. The van der Waals surface area contributed by atoms with Gasteiger partial charge in [0, 0.05) is 13.1 Å². The van der Waals surface area contributed by atoms with E-state index in [4.69, 9.17) is 0 Å². The number of carbonyl (C=O) groups excluding carboxylic acids is 1. The molecule has 1 saturated heterocycles. The lowest BCUT2D eigenvalue weighted by Crippen LogP contribution is -2.26. The van der Waals surface area contributed by atoms with Gasteiger partial charge in [-0.25, -0.2) is 4.79 Å². The zero-order valence-electron chi connectivity index (χ0n) is 10.8. The molecule has 0 aromatic heterocycles. The van der Waals surface area contributed by atoms with Crippen LogP contribution in [-0.4, -0.2) is 24.5 Å². The van der Waals surface area contributed by atoms with Gasteiger partial charge in [0.15, 0.2) is 0 Å². The van der Waals surface area contributed by atoms with Gasteiger partial charge in [-0.05, 0) is 17.5 Å². The number of esters is 1. The molecular weight excluding hydrogens is 252 g/mol. The van der Waals surface area contributed by atoms with Crippen LogP contribution in [0.1, 0.15) is 24.5 Å². The third-order valence-electron chi connectivity index (χ3n) is 3.19. The van der Waals surface area contributed by atoms with Gasteiger partial charge < -0.3 is 10.1 Å². The second kappa shape index (κ2) is 5.65. The number of carbonyl (C=O) groups is 1. The highest BCUT2D eigenvalue weighted by Crippen LogP contribution is 2.30. The van der Waals surface area contributed by atoms with E-state index in [1.54, 1.807) is 0 Å². The number of hydrogen-bond donors (Lipinski definition) is 1. The van der Waals surface area contributed by atoms with Crippen LogP contribution in [0.5, 0.6) is 0 Å². The summed E-state index contributed by atoms with van der Waals surface area (Å²) in [6.07, 6.45) is -0.286. The number of halogens is 2. The first-order valence-electron chi connectivity index (χ1n) is 6.38. The fraction of sp³-hybridized carbons (Fsp3) is 0.500. The number of rotatable bonds is 5. The topological polar surface area (TPSA) is 38.3 Å². The van der Waals surface area contributed by atoms with Crippen LogP contribution in [-0.2, 0) is 22.5 Å². The summed E-state index contributed by atoms with van der Waals surface area (Å²) in [6, 6.07) is 8.09. The lowest BCUT2D eigenvalue weighted by molar-refractivity contribution is -0.159. The number of cyclic esters (lactones) is 1. The fourth-order valence-corrected chi connectivity index (χ4v) is 2.03. The average molecular weight is 269 g/mol. The number of hydrogen-bond acceptors (Lipinski definition) is 3. The van der Waals surface area contributed by atoms with E-state index in [0.29, 0.717) is 6.54 Å². The largest absolute Gasteiger partial charge is 0.456 e. The molecule has 1 heterocycles. The van der Waals surface area contributed by atoms with Gasteiger partial charge in [0.25, 0.3) is 0 Å². The van der Waals surface area contributed by atoms with Gasteiger partial charge in [0.2, 0.25) is 0 Å². The Kier molecular flexibility index (Phi) is 4.14. The van der Waals surface area contributed by atoms with Crippen LogP contribution in [0.15, 0.2) is 24.3 Å². The number of alkyl halides is 2. The van der Waals surface area contributed by atoms with Crippen LogP contribution in [0.25, 0.3) is 0 Å². The van der Waals surface area contributed by atoms with Crippen molar-refractivity contribution in [3.63, 3.8) is 0 Å². The molecule has 1 aliphatic rings. The van der Waals surface area contributed by atoms with Crippen LogP contribution in [0.4, 0.5) is 8.78 Å². The van der Waals surface area contributed by atoms with Crippen molar-refractivity contribution in [2.24, 2.45) is 0 Å². The monoisotopic (exact) mass is 269 g/mol. The molecule has 1 unspecified atom stereocenters. The summed E-state index contributed by atoms with van der Waals surface area (Å²) >= 11 is 0. The van der Waals surface area contributed by atoms with Gasteiger partial charge in [-0.3, -0.25) is 0 Å². The molecule has 5 heteroatoms. The summed E-state index contributed by atoms with van der Waals surface area (Å²) in [4.78, 5) is 10.8. The SMILES string of the molecule is CCc1ccc(CNCC2CC(F)(F)C(=O)O2)cc1. The number of benzene rings is 1. The highest BCUT2D eigenvalue weighted by molar-refractivity contribution is 5.79. The van der Waals surface area contributed by atoms with Crippen LogP contribution >= 0.6 is 0 Å². The molecule has 0 radical (unpaired) electrons. The van der Waals surface area contributed by atoms with Crippen molar-refractivity contribution >= 4 is 5.97 Å². The minimum atomic E-state index is -3.32. The van der Waals surface area contributed by atoms with E-state index in [0.717, 1.165) is 12.0 Å². The molecular formula is C14H17F2NO2. The van der Waals surface area contributed by atoms with Crippen molar-refractivity contribution in [3.8, 4) is 0 Å². The molecule has 1 N–H and O–H groups in total. The quantitative estimate of drug-likeness (QED) is 0.833. The zero-order valence-corrected chi connectivity index (χ0v) is 10.8. The van der Waals surface area contributed by atoms with Crippen molar-refractivity contribution in [2.75, 3.05) is 6.54 Å². The van der Waals surface area contributed by atoms with E-state index in [1.165, 1.54) is 5.56 Å². The minimum absolute atomic E-state index is 0.247. The lowest BCUT2D eigenvalue weighted by Gasteiger charge is -2.10. The molecule has 1 aromatic rings. The van der Waals surface area contributed by atoms with E-state index >= 15 is 0 Å². The van der Waals surface area contributed by atoms with Gasteiger partial charge in [-0.1, -0.05) is 31.2 Å². The second-order valence-electron chi connectivity index (χ2n) is 4.74. The van der Waals surface area contributed by atoms with Crippen LogP contribution in [0, 0.1) is 0 Å². The van der Waals surface area contributed by atoms with Crippen LogP contribution in [0.2, 0.25) is 0 Å². The van der Waals surface area contributed by atoms with Gasteiger partial charge in [0.05, 0.1) is 6.42 Å². The van der Waals surface area contributed by atoms with Crippen molar-refractivity contribution in [1.82, 2.24) is 5.32 Å². The lowest BCUT2D eigenvalue weighted by atomic mass is 10.1. The Labute approximate surface area is 111 Å². The van der Waals surface area contributed by atoms with E-state index in [9.17, 15) is 13.6 Å². The summed E-state index contributed by atoms with van der Waals surface area (Å²) in [6.45, 7) is 2.91. The Morgan fingerprint density at radius 3 is 2.47 bits per heavy atom. The summed E-state index contributed by atoms with van der Waals surface area (Å²) in [5.74, 6) is -4.73. The normalized spacial score (nSPS) is 21.4. The smallest absolute Gasteiger partial charge is 0.377 e. The molecule has 19 heavy (non-hydrogen) atoms. The Balaban J connectivity index is 1.76. The molecule has 0 bridgehead atoms.